The number of hydrogen-bond acceptors (Lipinski definition) is 5. The van der Waals surface area contributed by atoms with E-state index in [1.807, 2.05) is 0 Å². The van der Waals surface area contributed by atoms with Gasteiger partial charge in [-0.15, -0.1) is 0 Å². The van der Waals surface area contributed by atoms with Crippen LogP contribution in [0.2, 0.25) is 0 Å². The molecule has 1 aliphatic heterocycles. The highest BCUT2D eigenvalue weighted by Crippen LogP contribution is 2.23. The molecule has 1 aliphatic rings. The van der Waals surface area contributed by atoms with Crippen LogP contribution in [-0.4, -0.2) is 65.1 Å². The summed E-state index contributed by atoms with van der Waals surface area (Å²) in [6, 6.07) is 0.420. The van der Waals surface area contributed by atoms with Crippen molar-refractivity contribution in [1.29, 1.82) is 0 Å². The van der Waals surface area contributed by atoms with Crippen LogP contribution in [0.25, 0.3) is 0 Å². The summed E-state index contributed by atoms with van der Waals surface area (Å²) < 4.78 is 26.8. The van der Waals surface area contributed by atoms with Gasteiger partial charge >= 0.3 is 0 Å². The van der Waals surface area contributed by atoms with Crippen LogP contribution in [0.15, 0.2) is 4.90 Å². The molecule has 0 spiro atoms. The van der Waals surface area contributed by atoms with E-state index in [1.54, 1.807) is 6.92 Å². The first kappa shape index (κ1) is 15.4. The largest absolute Gasteiger partial charge is 0.390 e. The van der Waals surface area contributed by atoms with Crippen molar-refractivity contribution in [3.05, 3.63) is 11.4 Å². The van der Waals surface area contributed by atoms with Gasteiger partial charge in [0.05, 0.1) is 12.3 Å². The highest BCUT2D eigenvalue weighted by Gasteiger charge is 2.33. The van der Waals surface area contributed by atoms with Gasteiger partial charge < -0.3 is 5.11 Å². The summed E-state index contributed by atoms with van der Waals surface area (Å²) in [6.07, 6.45) is 0. The summed E-state index contributed by atoms with van der Waals surface area (Å²) in [7, 11) is -3.59. The number of aliphatic hydroxyl groups is 1. The monoisotopic (exact) mass is 302 g/mol. The number of aliphatic hydroxyl groups excluding tert-OH is 1. The van der Waals surface area contributed by atoms with Crippen molar-refractivity contribution < 1.29 is 13.5 Å². The number of nitrogens with zero attached hydrogens (tertiary/aromatic N) is 3. The molecule has 8 heteroatoms. The Labute approximate surface area is 119 Å². The van der Waals surface area contributed by atoms with Crippen molar-refractivity contribution in [2.45, 2.75) is 38.3 Å². The Morgan fingerprint density at radius 1 is 1.30 bits per heavy atom. The molecular formula is C12H22N4O3S. The first-order chi connectivity index (χ1) is 9.37. The smallest absolute Gasteiger partial charge is 0.246 e. The lowest BCUT2D eigenvalue weighted by molar-refractivity contribution is 0.154. The third kappa shape index (κ3) is 2.73. The number of aromatic amines is 1. The molecule has 2 rings (SSSR count). The second-order valence-electron chi connectivity index (χ2n) is 5.32. The molecule has 0 unspecified atom stereocenters. The molecule has 7 nitrogen and oxygen atoms in total. The summed E-state index contributed by atoms with van der Waals surface area (Å²) in [5, 5.41) is 15.7. The Morgan fingerprint density at radius 2 is 1.90 bits per heavy atom. The van der Waals surface area contributed by atoms with E-state index >= 15 is 0 Å². The second-order valence-corrected chi connectivity index (χ2v) is 7.19. The molecule has 1 aromatic rings. The maximum Gasteiger partial charge on any atom is 0.246 e. The van der Waals surface area contributed by atoms with E-state index in [4.69, 9.17) is 0 Å². The molecule has 2 N–H and O–H groups in total. The molecular weight excluding hydrogens is 280 g/mol. The van der Waals surface area contributed by atoms with Crippen LogP contribution in [-0.2, 0) is 16.6 Å². The van der Waals surface area contributed by atoms with Crippen LogP contribution in [0, 0.1) is 6.92 Å². The molecule has 2 heterocycles. The summed E-state index contributed by atoms with van der Waals surface area (Å²) in [5.41, 5.74) is 0.661. The van der Waals surface area contributed by atoms with Crippen LogP contribution in [0.4, 0.5) is 0 Å². The van der Waals surface area contributed by atoms with Crippen LogP contribution in [0.5, 0.6) is 0 Å². The van der Waals surface area contributed by atoms with Crippen LogP contribution in [0.3, 0.4) is 0 Å². The average molecular weight is 302 g/mol. The maximum absolute atomic E-state index is 12.7. The van der Waals surface area contributed by atoms with Crippen molar-refractivity contribution in [3.8, 4) is 0 Å². The Hall–Kier alpha value is -0.960. The number of rotatable bonds is 4. The standard InChI is InChI=1S/C12H22N4O3S/c1-9(2)15-4-6-16(7-5-15)20(18,19)12-10(3)13-14-11(12)8-17/h9,17H,4-8H2,1-3H3,(H,13,14). The van der Waals surface area contributed by atoms with Gasteiger partial charge in [0.2, 0.25) is 10.0 Å². The Bertz CT molecular complexity index is 559. The lowest BCUT2D eigenvalue weighted by Gasteiger charge is -2.36. The Kier molecular flexibility index (Phi) is 4.48. The third-order valence-electron chi connectivity index (χ3n) is 3.71. The molecule has 0 amide bonds. The van der Waals surface area contributed by atoms with Crippen molar-refractivity contribution in [2.75, 3.05) is 26.2 Å². The maximum atomic E-state index is 12.7. The van der Waals surface area contributed by atoms with Crippen LogP contribution >= 0.6 is 0 Å². The van der Waals surface area contributed by atoms with Gasteiger partial charge in [-0.1, -0.05) is 0 Å². The fraction of sp³-hybridized carbons (Fsp3) is 0.750. The lowest BCUT2D eigenvalue weighted by Crippen LogP contribution is -2.50. The van der Waals surface area contributed by atoms with E-state index < -0.39 is 10.0 Å². The molecule has 0 saturated carbocycles. The minimum Gasteiger partial charge on any atom is -0.390 e. The predicted molar refractivity (Wildman–Crippen MR) is 74.7 cm³/mol. The topological polar surface area (TPSA) is 89.5 Å². The molecule has 1 fully saturated rings. The van der Waals surface area contributed by atoms with Crippen LogP contribution in [0.1, 0.15) is 25.2 Å². The first-order valence-electron chi connectivity index (χ1n) is 6.76. The number of nitrogens with one attached hydrogen (secondary N) is 1. The van der Waals surface area contributed by atoms with Gasteiger partial charge in [0.25, 0.3) is 0 Å². The molecule has 0 aromatic carbocycles. The Balaban J connectivity index is 2.22. The molecule has 1 saturated heterocycles. The molecule has 20 heavy (non-hydrogen) atoms. The number of H-pyrrole nitrogens is 1. The van der Waals surface area contributed by atoms with Crippen molar-refractivity contribution in [2.24, 2.45) is 0 Å². The van der Waals surface area contributed by atoms with Gasteiger partial charge in [-0.3, -0.25) is 10.00 Å². The fourth-order valence-electron chi connectivity index (χ4n) is 2.51. The number of aromatic nitrogens is 2. The average Bonchev–Trinajstić information content (AvgIpc) is 2.80. The summed E-state index contributed by atoms with van der Waals surface area (Å²) in [5.74, 6) is 0. The summed E-state index contributed by atoms with van der Waals surface area (Å²) in [4.78, 5) is 2.37. The molecule has 0 radical (unpaired) electrons. The molecule has 0 aliphatic carbocycles. The quantitative estimate of drug-likeness (QED) is 0.812. The first-order valence-corrected chi connectivity index (χ1v) is 8.20. The fourth-order valence-corrected chi connectivity index (χ4v) is 4.25. The Morgan fingerprint density at radius 3 is 2.40 bits per heavy atom. The third-order valence-corrected chi connectivity index (χ3v) is 5.82. The van der Waals surface area contributed by atoms with E-state index in [9.17, 15) is 13.5 Å². The minimum absolute atomic E-state index is 0.123. The highest BCUT2D eigenvalue weighted by molar-refractivity contribution is 7.89. The van der Waals surface area contributed by atoms with Gasteiger partial charge in [0.15, 0.2) is 0 Å². The van der Waals surface area contributed by atoms with Crippen molar-refractivity contribution >= 4 is 10.0 Å². The van der Waals surface area contributed by atoms with E-state index in [0.29, 0.717) is 24.8 Å². The van der Waals surface area contributed by atoms with Gasteiger partial charge in [-0.25, -0.2) is 8.42 Å². The SMILES string of the molecule is Cc1[nH]nc(CO)c1S(=O)(=O)N1CCN(C(C)C)CC1. The van der Waals surface area contributed by atoms with Gasteiger partial charge in [0, 0.05) is 32.2 Å². The summed E-state index contributed by atoms with van der Waals surface area (Å²) >= 11 is 0. The van der Waals surface area contributed by atoms with E-state index in [-0.39, 0.29) is 17.2 Å². The molecule has 0 bridgehead atoms. The van der Waals surface area contributed by atoms with E-state index in [2.05, 4.69) is 28.9 Å². The zero-order chi connectivity index (χ0) is 14.9. The minimum atomic E-state index is -3.59. The molecule has 1 aromatic heterocycles. The number of aryl methyl sites for hydroxylation is 1. The molecule has 0 atom stereocenters. The van der Waals surface area contributed by atoms with Gasteiger partial charge in [-0.2, -0.15) is 9.40 Å². The zero-order valence-electron chi connectivity index (χ0n) is 12.1. The zero-order valence-corrected chi connectivity index (χ0v) is 12.9. The second kappa shape index (κ2) is 5.80. The summed E-state index contributed by atoms with van der Waals surface area (Å²) in [6.45, 7) is 7.87. The predicted octanol–water partition coefficient (Wildman–Crippen LogP) is -0.0749. The molecule has 114 valence electrons. The van der Waals surface area contributed by atoms with E-state index in [0.717, 1.165) is 13.1 Å². The lowest BCUT2D eigenvalue weighted by atomic mass is 10.3. The number of piperazine rings is 1. The van der Waals surface area contributed by atoms with Crippen LogP contribution < -0.4 is 0 Å². The number of sulfonamides is 1. The normalized spacial score (nSPS) is 18.9. The van der Waals surface area contributed by atoms with Gasteiger partial charge in [0.1, 0.15) is 10.6 Å². The highest BCUT2D eigenvalue weighted by atomic mass is 32.2. The van der Waals surface area contributed by atoms with E-state index in [1.165, 1.54) is 4.31 Å². The van der Waals surface area contributed by atoms with Gasteiger partial charge in [-0.05, 0) is 20.8 Å². The number of hydrogen-bond donors (Lipinski definition) is 2. The van der Waals surface area contributed by atoms with Crippen molar-refractivity contribution in [1.82, 2.24) is 19.4 Å². The van der Waals surface area contributed by atoms with Crippen molar-refractivity contribution in [3.63, 3.8) is 0 Å².